The van der Waals surface area contributed by atoms with Crippen molar-refractivity contribution in [3.8, 4) is 0 Å². The summed E-state index contributed by atoms with van der Waals surface area (Å²) in [6.45, 7) is 3.33. The summed E-state index contributed by atoms with van der Waals surface area (Å²) in [5, 5.41) is 15.1. The molecule has 1 aliphatic heterocycles. The van der Waals surface area contributed by atoms with Gasteiger partial charge in [0.15, 0.2) is 0 Å². The number of aliphatic hydroxyl groups is 1. The molecular formula is C18H21ClFN3O. The van der Waals surface area contributed by atoms with Crippen LogP contribution in [0.4, 0.5) is 4.39 Å². The van der Waals surface area contributed by atoms with Crippen LogP contribution in [0.15, 0.2) is 24.3 Å². The smallest absolute Gasteiger partial charge is 0.141 e. The first-order valence-electron chi connectivity index (χ1n) is 8.51. The number of nitrogens with zero attached hydrogens (tertiary/aromatic N) is 3. The Hall–Kier alpha value is -1.43. The Morgan fingerprint density at radius 3 is 2.88 bits per heavy atom. The molecule has 1 N–H and O–H groups in total. The zero-order valence-corrected chi connectivity index (χ0v) is 14.2. The fourth-order valence-corrected chi connectivity index (χ4v) is 3.58. The van der Waals surface area contributed by atoms with Crippen LogP contribution in [0, 0.1) is 11.7 Å². The van der Waals surface area contributed by atoms with Crippen molar-refractivity contribution in [3.63, 3.8) is 0 Å². The van der Waals surface area contributed by atoms with Gasteiger partial charge >= 0.3 is 0 Å². The number of halogens is 2. The summed E-state index contributed by atoms with van der Waals surface area (Å²) in [5.41, 5.74) is 2.95. The molecular weight excluding hydrogens is 329 g/mol. The van der Waals surface area contributed by atoms with Gasteiger partial charge in [0.1, 0.15) is 11.9 Å². The lowest BCUT2D eigenvalue weighted by Crippen LogP contribution is -2.22. The van der Waals surface area contributed by atoms with E-state index in [1.165, 1.54) is 6.07 Å². The number of fused-ring (bicyclic) bond motifs is 1. The van der Waals surface area contributed by atoms with E-state index in [0.29, 0.717) is 5.92 Å². The molecule has 0 bridgehead atoms. The molecule has 2 aliphatic rings. The predicted molar refractivity (Wildman–Crippen MR) is 90.1 cm³/mol. The molecule has 4 rings (SSSR count). The van der Waals surface area contributed by atoms with Crippen LogP contribution in [-0.2, 0) is 19.6 Å². The molecule has 0 amide bonds. The number of aryl methyl sites for hydroxylation is 1. The monoisotopic (exact) mass is 349 g/mol. The van der Waals surface area contributed by atoms with E-state index in [4.69, 9.17) is 11.6 Å². The van der Waals surface area contributed by atoms with Crippen LogP contribution in [-0.4, -0.2) is 26.3 Å². The second-order valence-corrected chi connectivity index (χ2v) is 7.29. The lowest BCUT2D eigenvalue weighted by molar-refractivity contribution is 0.148. The Morgan fingerprint density at radius 2 is 2.12 bits per heavy atom. The van der Waals surface area contributed by atoms with Gasteiger partial charge in [0.25, 0.3) is 0 Å². The van der Waals surface area contributed by atoms with Crippen LogP contribution in [0.25, 0.3) is 0 Å². The third-order valence-corrected chi connectivity index (χ3v) is 5.16. The Labute approximate surface area is 145 Å². The minimum absolute atomic E-state index is 0.169. The molecule has 0 unspecified atom stereocenters. The normalized spacial score (nSPS) is 19.8. The van der Waals surface area contributed by atoms with Gasteiger partial charge in [-0.2, -0.15) is 5.10 Å². The van der Waals surface area contributed by atoms with Gasteiger partial charge < -0.3 is 5.11 Å². The van der Waals surface area contributed by atoms with Crippen LogP contribution in [0.5, 0.6) is 0 Å². The van der Waals surface area contributed by atoms with Gasteiger partial charge in [-0.05, 0) is 48.9 Å². The quantitative estimate of drug-likeness (QED) is 0.918. The molecule has 0 saturated heterocycles. The van der Waals surface area contributed by atoms with Gasteiger partial charge in [0, 0.05) is 26.2 Å². The van der Waals surface area contributed by atoms with Crippen LogP contribution >= 0.6 is 11.6 Å². The van der Waals surface area contributed by atoms with Crippen molar-refractivity contribution in [3.05, 3.63) is 52.1 Å². The minimum atomic E-state index is -0.422. The third kappa shape index (κ3) is 3.34. The van der Waals surface area contributed by atoms with Crippen molar-refractivity contribution in [2.75, 3.05) is 6.54 Å². The van der Waals surface area contributed by atoms with Gasteiger partial charge in [0.05, 0.1) is 16.4 Å². The minimum Gasteiger partial charge on any atom is -0.386 e. The Morgan fingerprint density at radius 1 is 1.29 bits per heavy atom. The van der Waals surface area contributed by atoms with Crippen LogP contribution < -0.4 is 0 Å². The van der Waals surface area contributed by atoms with Crippen molar-refractivity contribution in [1.82, 2.24) is 14.7 Å². The van der Waals surface area contributed by atoms with E-state index in [-0.39, 0.29) is 10.8 Å². The first-order valence-corrected chi connectivity index (χ1v) is 8.89. The molecule has 1 fully saturated rings. The maximum absolute atomic E-state index is 13.3. The average Bonchev–Trinajstić information content (AvgIpc) is 3.35. The molecule has 0 spiro atoms. The molecule has 1 atom stereocenters. The molecule has 128 valence electrons. The van der Waals surface area contributed by atoms with Gasteiger partial charge in [-0.3, -0.25) is 9.58 Å². The molecule has 4 nitrogen and oxygen atoms in total. The Balaban J connectivity index is 1.49. The van der Waals surface area contributed by atoms with Gasteiger partial charge in [0.2, 0.25) is 0 Å². The number of benzene rings is 1. The van der Waals surface area contributed by atoms with Gasteiger partial charge in [-0.1, -0.05) is 17.7 Å². The molecule has 2 heterocycles. The van der Waals surface area contributed by atoms with E-state index >= 15 is 0 Å². The highest BCUT2D eigenvalue weighted by atomic mass is 35.5. The van der Waals surface area contributed by atoms with E-state index in [9.17, 15) is 9.50 Å². The second kappa shape index (κ2) is 6.47. The number of rotatable bonds is 4. The Bertz CT molecular complexity index is 744. The van der Waals surface area contributed by atoms with E-state index in [1.54, 1.807) is 12.1 Å². The molecule has 6 heteroatoms. The zero-order valence-electron chi connectivity index (χ0n) is 13.5. The first-order chi connectivity index (χ1) is 11.6. The third-order valence-electron chi connectivity index (χ3n) is 4.87. The molecule has 1 aromatic carbocycles. The number of hydrogen-bond donors (Lipinski definition) is 1. The standard InChI is InChI=1S/C18H21ClFN3O/c19-15-8-12(2-5-16(15)20)10-22-6-1-7-23-14(11-22)9-17(21-23)18(24)13-3-4-13/h2,5,8-9,13,18,24H,1,3-4,6-7,10-11H2/t18-/m1/s1. The molecule has 1 aromatic heterocycles. The van der Waals surface area contributed by atoms with Crippen molar-refractivity contribution >= 4 is 11.6 Å². The van der Waals surface area contributed by atoms with Gasteiger partial charge in [-0.25, -0.2) is 4.39 Å². The van der Waals surface area contributed by atoms with Crippen LogP contribution in [0.2, 0.25) is 5.02 Å². The second-order valence-electron chi connectivity index (χ2n) is 6.88. The predicted octanol–water partition coefficient (Wildman–Crippen LogP) is 3.52. The van der Waals surface area contributed by atoms with Crippen molar-refractivity contribution in [1.29, 1.82) is 0 Å². The summed E-state index contributed by atoms with van der Waals surface area (Å²) in [4.78, 5) is 2.32. The van der Waals surface area contributed by atoms with E-state index in [2.05, 4.69) is 10.00 Å². The lowest BCUT2D eigenvalue weighted by atomic mass is 10.1. The maximum Gasteiger partial charge on any atom is 0.141 e. The fourth-order valence-electron chi connectivity index (χ4n) is 3.38. The molecule has 2 aromatic rings. The number of aromatic nitrogens is 2. The molecule has 24 heavy (non-hydrogen) atoms. The highest BCUT2D eigenvalue weighted by molar-refractivity contribution is 6.30. The van der Waals surface area contributed by atoms with E-state index in [1.807, 2.05) is 10.7 Å². The largest absolute Gasteiger partial charge is 0.386 e. The summed E-state index contributed by atoms with van der Waals surface area (Å²) in [6, 6.07) is 6.94. The topological polar surface area (TPSA) is 41.3 Å². The van der Waals surface area contributed by atoms with Crippen molar-refractivity contribution in [2.45, 2.75) is 45.0 Å². The highest BCUT2D eigenvalue weighted by Crippen LogP contribution is 2.40. The van der Waals surface area contributed by atoms with Gasteiger partial charge in [-0.15, -0.1) is 0 Å². The summed E-state index contributed by atoms with van der Waals surface area (Å²) < 4.78 is 15.3. The molecule has 0 radical (unpaired) electrons. The van der Waals surface area contributed by atoms with E-state index < -0.39 is 6.10 Å². The van der Waals surface area contributed by atoms with Crippen molar-refractivity contribution < 1.29 is 9.50 Å². The lowest BCUT2D eigenvalue weighted by Gasteiger charge is -2.19. The summed E-state index contributed by atoms with van der Waals surface area (Å²) in [7, 11) is 0. The fraction of sp³-hybridized carbons (Fsp3) is 0.500. The number of hydrogen-bond acceptors (Lipinski definition) is 3. The average molecular weight is 350 g/mol. The summed E-state index contributed by atoms with van der Waals surface area (Å²) in [6.07, 6.45) is 2.78. The zero-order chi connectivity index (χ0) is 16.7. The summed E-state index contributed by atoms with van der Waals surface area (Å²) in [5.74, 6) is 0.00895. The maximum atomic E-state index is 13.3. The molecule has 1 saturated carbocycles. The van der Waals surface area contributed by atoms with Crippen LogP contribution in [0.3, 0.4) is 0 Å². The highest BCUT2D eigenvalue weighted by Gasteiger charge is 2.33. The number of aliphatic hydroxyl groups excluding tert-OH is 1. The van der Waals surface area contributed by atoms with Crippen LogP contribution in [0.1, 0.15) is 42.3 Å². The SMILES string of the molecule is O[C@@H](c1cc2n(n1)CCCN(Cc1ccc(F)c(Cl)c1)C2)C1CC1. The summed E-state index contributed by atoms with van der Waals surface area (Å²) >= 11 is 5.88. The molecule has 1 aliphatic carbocycles. The Kier molecular flexibility index (Phi) is 4.33. The van der Waals surface area contributed by atoms with Crippen molar-refractivity contribution in [2.24, 2.45) is 5.92 Å². The van der Waals surface area contributed by atoms with E-state index in [0.717, 1.165) is 62.4 Å². The first kappa shape index (κ1) is 16.1.